The Morgan fingerprint density at radius 3 is 2.42 bits per heavy atom. The van der Waals surface area contributed by atoms with Crippen molar-refractivity contribution in [1.82, 2.24) is 14.2 Å². The van der Waals surface area contributed by atoms with Crippen LogP contribution in [-0.2, 0) is 21.8 Å². The maximum atomic E-state index is 14.0. The summed E-state index contributed by atoms with van der Waals surface area (Å²) in [7, 11) is -2.15. The van der Waals surface area contributed by atoms with Crippen LogP contribution in [0.3, 0.4) is 0 Å². The van der Waals surface area contributed by atoms with Gasteiger partial charge in [0.05, 0.1) is 12.3 Å². The quantitative estimate of drug-likeness (QED) is 0.439. The minimum atomic E-state index is -3.88. The number of halogens is 1. The summed E-state index contributed by atoms with van der Waals surface area (Å²) in [6.07, 6.45) is 0.624. The van der Waals surface area contributed by atoms with Crippen molar-refractivity contribution < 1.29 is 22.3 Å². The second kappa shape index (κ2) is 10.7. The molecule has 0 aliphatic carbocycles. The fourth-order valence-electron chi connectivity index (χ4n) is 4.19. The molecular formula is C23H33FN4O4S. The highest BCUT2D eigenvalue weighted by Crippen LogP contribution is 2.27. The number of nitrogens with one attached hydrogen (secondary N) is 1. The SMILES string of the molecule is CCOC(=O)c1c(S(=O)(=O)NCCCN2CCN(c3ccccc3F)CC2)c(C)n(C)c1C. The fourth-order valence-corrected chi connectivity index (χ4v) is 5.77. The Morgan fingerprint density at radius 2 is 1.79 bits per heavy atom. The second-order valence-corrected chi connectivity index (χ2v) is 9.89. The molecule has 1 aliphatic heterocycles. The molecule has 0 radical (unpaired) electrons. The summed E-state index contributed by atoms with van der Waals surface area (Å²) in [5, 5.41) is 0. The van der Waals surface area contributed by atoms with Crippen LogP contribution in [0.4, 0.5) is 10.1 Å². The third kappa shape index (κ3) is 5.56. The summed E-state index contributed by atoms with van der Waals surface area (Å²) < 4.78 is 49.5. The first-order chi connectivity index (χ1) is 15.7. The van der Waals surface area contributed by atoms with Gasteiger partial charge in [-0.05, 0) is 45.9 Å². The van der Waals surface area contributed by atoms with Gasteiger partial charge in [0, 0.05) is 51.2 Å². The largest absolute Gasteiger partial charge is 0.462 e. The number of hydrogen-bond donors (Lipinski definition) is 1. The van der Waals surface area contributed by atoms with Crippen molar-refractivity contribution >= 4 is 21.7 Å². The third-order valence-electron chi connectivity index (χ3n) is 6.18. The van der Waals surface area contributed by atoms with Crippen molar-refractivity contribution in [1.29, 1.82) is 0 Å². The molecule has 1 aromatic carbocycles. The van der Waals surface area contributed by atoms with Gasteiger partial charge in [0.2, 0.25) is 10.0 Å². The normalized spacial score (nSPS) is 15.1. The van der Waals surface area contributed by atoms with Crippen molar-refractivity contribution in [3.8, 4) is 0 Å². The summed E-state index contributed by atoms with van der Waals surface area (Å²) in [5.74, 6) is -0.846. The predicted octanol–water partition coefficient (Wildman–Crippen LogP) is 2.45. The molecular weight excluding hydrogens is 447 g/mol. The van der Waals surface area contributed by atoms with E-state index in [1.165, 1.54) is 6.07 Å². The van der Waals surface area contributed by atoms with E-state index >= 15 is 0 Å². The van der Waals surface area contributed by atoms with Crippen molar-refractivity contribution in [2.24, 2.45) is 7.05 Å². The number of rotatable bonds is 9. The Hall–Kier alpha value is -2.43. The van der Waals surface area contributed by atoms with Crippen LogP contribution >= 0.6 is 0 Å². The van der Waals surface area contributed by atoms with Gasteiger partial charge in [-0.25, -0.2) is 22.3 Å². The molecule has 1 aliphatic rings. The van der Waals surface area contributed by atoms with Gasteiger partial charge in [-0.2, -0.15) is 0 Å². The lowest BCUT2D eigenvalue weighted by atomic mass is 10.2. The summed E-state index contributed by atoms with van der Waals surface area (Å²) in [6.45, 7) is 9.23. The van der Waals surface area contributed by atoms with E-state index < -0.39 is 16.0 Å². The van der Waals surface area contributed by atoms with Crippen LogP contribution in [0.2, 0.25) is 0 Å². The van der Waals surface area contributed by atoms with E-state index in [1.54, 1.807) is 44.5 Å². The standard InChI is InChI=1S/C23H33FN4O4S/c1-5-32-23(29)21-17(2)26(4)18(3)22(21)33(30,31)25-11-8-12-27-13-15-28(16-14-27)20-10-7-6-9-19(20)24/h6-7,9-10,25H,5,8,11-16H2,1-4H3. The van der Waals surface area contributed by atoms with Crippen LogP contribution in [0.15, 0.2) is 29.2 Å². The summed E-state index contributed by atoms with van der Waals surface area (Å²) in [5.41, 5.74) is 1.76. The lowest BCUT2D eigenvalue weighted by Gasteiger charge is -2.36. The second-order valence-electron chi connectivity index (χ2n) is 8.19. The molecule has 2 heterocycles. The smallest absolute Gasteiger partial charge is 0.341 e. The van der Waals surface area contributed by atoms with E-state index in [2.05, 4.69) is 9.62 Å². The predicted molar refractivity (Wildman–Crippen MR) is 126 cm³/mol. The third-order valence-corrected chi connectivity index (χ3v) is 7.80. The Bertz CT molecular complexity index is 1090. The van der Waals surface area contributed by atoms with Gasteiger partial charge < -0.3 is 14.2 Å². The number of aromatic nitrogens is 1. The molecule has 33 heavy (non-hydrogen) atoms. The van der Waals surface area contributed by atoms with E-state index in [-0.39, 0.29) is 29.4 Å². The zero-order valence-corrected chi connectivity index (χ0v) is 20.5. The molecule has 0 atom stereocenters. The molecule has 3 rings (SSSR count). The highest BCUT2D eigenvalue weighted by atomic mass is 32.2. The number of nitrogens with zero attached hydrogens (tertiary/aromatic N) is 3. The molecule has 0 saturated carbocycles. The van der Waals surface area contributed by atoms with E-state index in [9.17, 15) is 17.6 Å². The number of benzene rings is 1. The van der Waals surface area contributed by atoms with Gasteiger partial charge in [-0.3, -0.25) is 4.90 Å². The van der Waals surface area contributed by atoms with Gasteiger partial charge in [-0.15, -0.1) is 0 Å². The molecule has 10 heteroatoms. The average Bonchev–Trinajstić information content (AvgIpc) is 3.02. The van der Waals surface area contributed by atoms with Gasteiger partial charge in [0.15, 0.2) is 0 Å². The van der Waals surface area contributed by atoms with Crippen LogP contribution in [-0.4, -0.2) is 69.7 Å². The highest BCUT2D eigenvalue weighted by Gasteiger charge is 2.31. The van der Waals surface area contributed by atoms with Crippen molar-refractivity contribution in [2.45, 2.75) is 32.1 Å². The summed E-state index contributed by atoms with van der Waals surface area (Å²) in [6, 6.07) is 6.78. The highest BCUT2D eigenvalue weighted by molar-refractivity contribution is 7.89. The number of hydrogen-bond acceptors (Lipinski definition) is 6. The Morgan fingerprint density at radius 1 is 1.12 bits per heavy atom. The lowest BCUT2D eigenvalue weighted by molar-refractivity contribution is 0.0521. The molecule has 8 nitrogen and oxygen atoms in total. The van der Waals surface area contributed by atoms with Gasteiger partial charge in [0.1, 0.15) is 16.3 Å². The van der Waals surface area contributed by atoms with Crippen LogP contribution in [0.25, 0.3) is 0 Å². The molecule has 1 saturated heterocycles. The first-order valence-corrected chi connectivity index (χ1v) is 12.7. The molecule has 0 unspecified atom stereocenters. The molecule has 1 aromatic heterocycles. The average molecular weight is 481 g/mol. The van der Waals surface area contributed by atoms with Gasteiger partial charge >= 0.3 is 5.97 Å². The maximum Gasteiger partial charge on any atom is 0.341 e. The van der Waals surface area contributed by atoms with E-state index in [0.717, 1.165) is 32.7 Å². The number of para-hydroxylation sites is 1. The number of carbonyl (C=O) groups excluding carboxylic acids is 1. The Kier molecular flexibility index (Phi) is 8.14. The summed E-state index contributed by atoms with van der Waals surface area (Å²) in [4.78, 5) is 16.7. The molecule has 182 valence electrons. The minimum Gasteiger partial charge on any atom is -0.462 e. The fraction of sp³-hybridized carbons (Fsp3) is 0.522. The minimum absolute atomic E-state index is 0.0144. The monoisotopic (exact) mass is 480 g/mol. The van der Waals surface area contributed by atoms with Crippen LogP contribution in [0.1, 0.15) is 35.1 Å². The molecule has 0 amide bonds. The van der Waals surface area contributed by atoms with Crippen LogP contribution in [0.5, 0.6) is 0 Å². The van der Waals surface area contributed by atoms with Crippen LogP contribution in [0, 0.1) is 19.7 Å². The van der Waals surface area contributed by atoms with Crippen molar-refractivity contribution in [3.63, 3.8) is 0 Å². The number of carbonyl (C=O) groups is 1. The topological polar surface area (TPSA) is 83.9 Å². The maximum absolute atomic E-state index is 14.0. The van der Waals surface area contributed by atoms with E-state index in [4.69, 9.17) is 4.74 Å². The molecule has 0 spiro atoms. The number of ether oxygens (including phenoxy) is 1. The Balaban J connectivity index is 1.55. The van der Waals surface area contributed by atoms with Crippen molar-refractivity contribution in [2.75, 3.05) is 50.8 Å². The van der Waals surface area contributed by atoms with E-state index in [0.29, 0.717) is 23.5 Å². The zero-order valence-electron chi connectivity index (χ0n) is 19.7. The van der Waals surface area contributed by atoms with Crippen molar-refractivity contribution in [3.05, 3.63) is 47.0 Å². The number of sulfonamides is 1. The zero-order chi connectivity index (χ0) is 24.2. The number of esters is 1. The first kappa shape index (κ1) is 25.2. The van der Waals surface area contributed by atoms with E-state index in [1.807, 2.05) is 11.0 Å². The molecule has 0 bridgehead atoms. The first-order valence-electron chi connectivity index (χ1n) is 11.2. The molecule has 1 N–H and O–H groups in total. The summed E-state index contributed by atoms with van der Waals surface area (Å²) >= 11 is 0. The lowest BCUT2D eigenvalue weighted by Crippen LogP contribution is -2.47. The Labute approximate surface area is 195 Å². The molecule has 2 aromatic rings. The number of piperazine rings is 1. The van der Waals surface area contributed by atoms with Gasteiger partial charge in [0.25, 0.3) is 0 Å². The number of anilines is 1. The van der Waals surface area contributed by atoms with Crippen LogP contribution < -0.4 is 9.62 Å². The molecule has 1 fully saturated rings. The van der Waals surface area contributed by atoms with Gasteiger partial charge in [-0.1, -0.05) is 12.1 Å².